The van der Waals surface area contributed by atoms with E-state index in [2.05, 4.69) is 44.4 Å². The summed E-state index contributed by atoms with van der Waals surface area (Å²) < 4.78 is 9.90. The summed E-state index contributed by atoms with van der Waals surface area (Å²) in [6.45, 7) is 3.10. The van der Waals surface area contributed by atoms with Gasteiger partial charge in [-0.2, -0.15) is 8.75 Å². The first-order chi connectivity index (χ1) is 12.7. The molecule has 9 heteroatoms. The van der Waals surface area contributed by atoms with E-state index in [1.807, 2.05) is 11.8 Å². The molecule has 1 aromatic rings. The quantitative estimate of drug-likeness (QED) is 0.256. The molecule has 1 aromatic heterocycles. The van der Waals surface area contributed by atoms with E-state index < -0.39 is 0 Å². The molecule has 0 atom stereocenters. The van der Waals surface area contributed by atoms with Crippen molar-refractivity contribution in [3.8, 4) is 0 Å². The van der Waals surface area contributed by atoms with Crippen LogP contribution in [0.3, 0.4) is 0 Å². The van der Waals surface area contributed by atoms with Gasteiger partial charge in [-0.25, -0.2) is 0 Å². The molecule has 0 saturated carbocycles. The SMILES string of the molecule is CN1CCC=C(c2nsnc2SCCCCCCCl)C1.SC1=NCCS1. The van der Waals surface area contributed by atoms with Crippen LogP contribution in [0.1, 0.15) is 37.8 Å². The minimum atomic E-state index is 0.787. The van der Waals surface area contributed by atoms with Crippen LogP contribution in [0.25, 0.3) is 5.57 Å². The van der Waals surface area contributed by atoms with E-state index in [4.69, 9.17) is 11.6 Å². The number of aromatic nitrogens is 2. The third-order valence-electron chi connectivity index (χ3n) is 3.94. The maximum absolute atomic E-state index is 5.68. The third-order valence-corrected chi connectivity index (χ3v) is 7.21. The smallest absolute Gasteiger partial charge is 0.138 e. The summed E-state index contributed by atoms with van der Waals surface area (Å²) >= 11 is 14.6. The highest BCUT2D eigenvalue weighted by Crippen LogP contribution is 2.29. The van der Waals surface area contributed by atoms with E-state index >= 15 is 0 Å². The molecule has 26 heavy (non-hydrogen) atoms. The maximum atomic E-state index is 5.68. The van der Waals surface area contributed by atoms with Gasteiger partial charge in [-0.15, -0.1) is 36.0 Å². The second-order valence-electron chi connectivity index (χ2n) is 6.14. The summed E-state index contributed by atoms with van der Waals surface area (Å²) in [7, 11) is 2.16. The van der Waals surface area contributed by atoms with Gasteiger partial charge in [0.05, 0.1) is 18.3 Å². The Bertz CT molecular complexity index is 591. The zero-order chi connectivity index (χ0) is 18.6. The van der Waals surface area contributed by atoms with Gasteiger partial charge in [-0.05, 0) is 37.6 Å². The molecule has 2 aliphatic rings. The molecule has 0 saturated heterocycles. The Kier molecular flexibility index (Phi) is 11.7. The molecule has 146 valence electrons. The summed E-state index contributed by atoms with van der Waals surface area (Å²) in [6.07, 6.45) is 8.31. The third kappa shape index (κ3) is 8.52. The fourth-order valence-corrected chi connectivity index (χ4v) is 5.40. The van der Waals surface area contributed by atoms with Crippen LogP contribution in [-0.4, -0.2) is 62.1 Å². The van der Waals surface area contributed by atoms with Crippen LogP contribution in [0.4, 0.5) is 0 Å². The number of alkyl halides is 1. The number of likely N-dealkylation sites (N-methyl/N-ethyl adjacent to an activating group) is 1. The number of hydrogen-bond acceptors (Lipinski definition) is 7. The summed E-state index contributed by atoms with van der Waals surface area (Å²) in [5.74, 6) is 3.04. The van der Waals surface area contributed by atoms with E-state index in [0.29, 0.717) is 0 Å². The van der Waals surface area contributed by atoms with Gasteiger partial charge in [0, 0.05) is 24.7 Å². The molecule has 0 aliphatic carbocycles. The van der Waals surface area contributed by atoms with Crippen molar-refractivity contribution in [2.45, 2.75) is 37.1 Å². The largest absolute Gasteiger partial charge is 0.302 e. The van der Waals surface area contributed by atoms with Gasteiger partial charge < -0.3 is 4.90 Å². The van der Waals surface area contributed by atoms with Gasteiger partial charge >= 0.3 is 0 Å². The second kappa shape index (κ2) is 13.4. The summed E-state index contributed by atoms with van der Waals surface area (Å²) in [5, 5.41) is 1.12. The predicted molar refractivity (Wildman–Crippen MR) is 124 cm³/mol. The van der Waals surface area contributed by atoms with Crippen molar-refractivity contribution in [2.75, 3.05) is 44.1 Å². The van der Waals surface area contributed by atoms with Crippen LogP contribution in [0, 0.1) is 0 Å². The maximum Gasteiger partial charge on any atom is 0.138 e. The van der Waals surface area contributed by atoms with Gasteiger partial charge in [0.1, 0.15) is 15.1 Å². The number of halogens is 1. The van der Waals surface area contributed by atoms with Crippen LogP contribution in [0.2, 0.25) is 0 Å². The van der Waals surface area contributed by atoms with Gasteiger partial charge in [-0.1, -0.05) is 30.7 Å². The van der Waals surface area contributed by atoms with Crippen molar-refractivity contribution < 1.29 is 0 Å². The Labute approximate surface area is 180 Å². The molecule has 3 heterocycles. The molecule has 0 unspecified atom stereocenters. The first-order valence-corrected chi connectivity index (χ1v) is 12.6. The van der Waals surface area contributed by atoms with Gasteiger partial charge in [0.25, 0.3) is 0 Å². The number of thioether (sulfide) groups is 2. The molecule has 0 spiro atoms. The lowest BCUT2D eigenvalue weighted by Crippen LogP contribution is -2.25. The Balaban J connectivity index is 0.000000342. The summed E-state index contributed by atoms with van der Waals surface area (Å²) in [5.41, 5.74) is 2.46. The van der Waals surface area contributed by atoms with Gasteiger partial charge in [-0.3, -0.25) is 4.99 Å². The van der Waals surface area contributed by atoms with E-state index in [0.717, 1.165) is 65.0 Å². The topological polar surface area (TPSA) is 41.4 Å². The van der Waals surface area contributed by atoms with E-state index in [1.165, 1.54) is 36.6 Å². The van der Waals surface area contributed by atoms with Crippen LogP contribution in [0.5, 0.6) is 0 Å². The standard InChI is InChI=1S/C14H22ClN3S2.C3H5NS2/c1-18-9-6-7-12(11-18)13-14(17-20-16-13)19-10-5-3-2-4-8-15;5-3-4-1-2-6-3/h7H,2-6,8-11H2,1H3;1-2H2,(H,4,5). The minimum Gasteiger partial charge on any atom is -0.302 e. The number of unbranched alkanes of at least 4 members (excludes halogenated alkanes) is 3. The van der Waals surface area contributed by atoms with Gasteiger partial charge in [0.2, 0.25) is 0 Å². The minimum absolute atomic E-state index is 0.787. The van der Waals surface area contributed by atoms with Crippen LogP contribution in [-0.2, 0) is 0 Å². The Hall–Kier alpha value is 0.270. The number of nitrogens with zero attached hydrogens (tertiary/aromatic N) is 4. The Morgan fingerprint density at radius 3 is 2.77 bits per heavy atom. The van der Waals surface area contributed by atoms with Crippen molar-refractivity contribution in [3.63, 3.8) is 0 Å². The Morgan fingerprint density at radius 2 is 2.12 bits per heavy atom. The van der Waals surface area contributed by atoms with Crippen molar-refractivity contribution in [1.29, 1.82) is 0 Å². The highest BCUT2D eigenvalue weighted by molar-refractivity contribution is 8.32. The van der Waals surface area contributed by atoms with Crippen LogP contribution in [0.15, 0.2) is 16.1 Å². The van der Waals surface area contributed by atoms with Crippen molar-refractivity contribution in [2.24, 2.45) is 4.99 Å². The second-order valence-corrected chi connectivity index (χ2v) is 9.94. The average Bonchev–Trinajstić information content (AvgIpc) is 3.30. The molecule has 2 aliphatic heterocycles. The molecule has 0 radical (unpaired) electrons. The van der Waals surface area contributed by atoms with Crippen molar-refractivity contribution in [3.05, 3.63) is 11.8 Å². The number of rotatable bonds is 8. The molecule has 3 rings (SSSR count). The first kappa shape index (κ1) is 22.6. The Morgan fingerprint density at radius 1 is 1.27 bits per heavy atom. The zero-order valence-corrected chi connectivity index (χ0v) is 19.3. The fourth-order valence-electron chi connectivity index (χ4n) is 2.58. The number of thiol groups is 1. The van der Waals surface area contributed by atoms with E-state index in [-0.39, 0.29) is 0 Å². The average molecular weight is 451 g/mol. The normalized spacial score (nSPS) is 17.5. The monoisotopic (exact) mass is 450 g/mol. The van der Waals surface area contributed by atoms with E-state index in [9.17, 15) is 0 Å². The molecule has 0 amide bonds. The first-order valence-electron chi connectivity index (χ1n) is 8.96. The van der Waals surface area contributed by atoms with Gasteiger partial charge in [0.15, 0.2) is 0 Å². The number of hydrogen-bond donors (Lipinski definition) is 1. The van der Waals surface area contributed by atoms with E-state index in [1.54, 1.807) is 11.8 Å². The highest BCUT2D eigenvalue weighted by Gasteiger charge is 2.17. The molecule has 4 nitrogen and oxygen atoms in total. The molecule has 0 bridgehead atoms. The number of aliphatic imine (C=N–C) groups is 1. The molecular weight excluding hydrogens is 424 g/mol. The van der Waals surface area contributed by atoms with Crippen molar-refractivity contribution >= 4 is 69.4 Å². The summed E-state index contributed by atoms with van der Waals surface area (Å²) in [6, 6.07) is 0. The molecule has 0 fully saturated rings. The fraction of sp³-hybridized carbons (Fsp3) is 0.706. The van der Waals surface area contributed by atoms with Crippen LogP contribution < -0.4 is 0 Å². The lowest BCUT2D eigenvalue weighted by Gasteiger charge is -2.22. The molecule has 0 N–H and O–H groups in total. The van der Waals surface area contributed by atoms with Crippen LogP contribution >= 0.6 is 59.5 Å². The lowest BCUT2D eigenvalue weighted by molar-refractivity contribution is 0.372. The highest BCUT2D eigenvalue weighted by atomic mass is 35.5. The predicted octanol–water partition coefficient (Wildman–Crippen LogP) is 5.17. The van der Waals surface area contributed by atoms with Crippen molar-refractivity contribution in [1.82, 2.24) is 13.6 Å². The zero-order valence-electron chi connectivity index (χ0n) is 15.2. The summed E-state index contributed by atoms with van der Waals surface area (Å²) in [4.78, 5) is 6.32. The molecule has 0 aromatic carbocycles. The molecular formula is C17H27ClN4S4. The lowest BCUT2D eigenvalue weighted by atomic mass is 10.1.